The number of amidine groups is 1. The van der Waals surface area contributed by atoms with Crippen molar-refractivity contribution in [2.24, 2.45) is 10.7 Å². The van der Waals surface area contributed by atoms with Crippen LogP contribution in [0.1, 0.15) is 34.0 Å². The van der Waals surface area contributed by atoms with Gasteiger partial charge in [0.05, 0.1) is 6.20 Å². The molecule has 0 aliphatic heterocycles. The van der Waals surface area contributed by atoms with Gasteiger partial charge in [0.25, 0.3) is 11.9 Å². The maximum atomic E-state index is 12.5. The molecule has 1 aromatic heterocycles. The zero-order chi connectivity index (χ0) is 22.7. The first-order valence-electron chi connectivity index (χ1n) is 8.94. The van der Waals surface area contributed by atoms with E-state index >= 15 is 0 Å². The molecule has 1 aromatic carbocycles. The van der Waals surface area contributed by atoms with Gasteiger partial charge < -0.3 is 20.5 Å². The number of nitrogens with zero attached hydrogens (tertiary/aromatic N) is 2. The molecule has 3 rings (SSSR count). The topological polar surface area (TPSA) is 98.8 Å². The van der Waals surface area contributed by atoms with Crippen molar-refractivity contribution in [3.8, 4) is 5.75 Å². The minimum atomic E-state index is -3.00. The second-order valence-corrected chi connectivity index (χ2v) is 7.06. The van der Waals surface area contributed by atoms with Crippen LogP contribution < -0.4 is 15.8 Å². The van der Waals surface area contributed by atoms with Crippen LogP contribution in [0.15, 0.2) is 35.5 Å². The van der Waals surface area contributed by atoms with E-state index < -0.39 is 31.2 Å². The first-order valence-corrected chi connectivity index (χ1v) is 9.32. The van der Waals surface area contributed by atoms with Crippen molar-refractivity contribution < 1.29 is 31.8 Å². The van der Waals surface area contributed by atoms with Crippen LogP contribution in [-0.2, 0) is 4.74 Å². The van der Waals surface area contributed by atoms with E-state index in [1.165, 1.54) is 13.0 Å². The monoisotopic (exact) mass is 460 g/mol. The Balaban J connectivity index is 1.69. The number of rotatable bonds is 7. The van der Waals surface area contributed by atoms with E-state index in [-0.39, 0.29) is 17.4 Å². The van der Waals surface area contributed by atoms with E-state index in [9.17, 15) is 22.4 Å². The SMILES string of the molecule is Cc1cc(OC(F)F)cnc1C(=O)Nc1ccc(Cl)c([C@H]2C[C@H]2O/C(N)=N\C(F)F)c1. The molecule has 31 heavy (non-hydrogen) atoms. The lowest BCUT2D eigenvalue weighted by Gasteiger charge is -2.11. The third-order valence-corrected chi connectivity index (χ3v) is 4.72. The number of amides is 1. The molecule has 3 N–H and O–H groups in total. The van der Waals surface area contributed by atoms with Gasteiger partial charge in [-0.25, -0.2) is 4.98 Å². The molecule has 2 atom stereocenters. The lowest BCUT2D eigenvalue weighted by Crippen LogP contribution is -2.19. The number of aromatic nitrogens is 1. The van der Waals surface area contributed by atoms with Gasteiger partial charge in [0.1, 0.15) is 17.5 Å². The zero-order valence-electron chi connectivity index (χ0n) is 16.0. The summed E-state index contributed by atoms with van der Waals surface area (Å²) < 4.78 is 58.4. The number of halogens is 5. The number of pyridine rings is 1. The summed E-state index contributed by atoms with van der Waals surface area (Å²) in [5.74, 6) is -0.931. The third kappa shape index (κ3) is 5.97. The number of nitrogens with one attached hydrogen (secondary N) is 1. The van der Waals surface area contributed by atoms with Gasteiger partial charge in [-0.05, 0) is 48.7 Å². The molecule has 12 heteroatoms. The molecule has 1 aliphatic rings. The predicted molar refractivity (Wildman–Crippen MR) is 105 cm³/mol. The first kappa shape index (κ1) is 22.6. The summed E-state index contributed by atoms with van der Waals surface area (Å²) in [6, 6.07) is 5.43. The van der Waals surface area contributed by atoms with Crippen molar-refractivity contribution in [1.82, 2.24) is 4.98 Å². The fourth-order valence-electron chi connectivity index (χ4n) is 2.96. The first-order chi connectivity index (χ1) is 14.6. The van der Waals surface area contributed by atoms with Gasteiger partial charge in [0.15, 0.2) is 0 Å². The van der Waals surface area contributed by atoms with Gasteiger partial charge >= 0.3 is 13.2 Å². The molecule has 1 fully saturated rings. The van der Waals surface area contributed by atoms with E-state index in [0.717, 1.165) is 6.20 Å². The summed E-state index contributed by atoms with van der Waals surface area (Å²) in [6.07, 6.45) is 1.05. The van der Waals surface area contributed by atoms with E-state index in [0.29, 0.717) is 28.3 Å². The Labute approximate surface area is 179 Å². The highest BCUT2D eigenvalue weighted by atomic mass is 35.5. The zero-order valence-corrected chi connectivity index (χ0v) is 16.7. The van der Waals surface area contributed by atoms with E-state index in [1.807, 2.05) is 0 Å². The van der Waals surface area contributed by atoms with Crippen molar-refractivity contribution in [2.75, 3.05) is 5.32 Å². The van der Waals surface area contributed by atoms with Gasteiger partial charge in [0.2, 0.25) is 0 Å². The standard InChI is InChI=1S/C19H17ClF4N4O3/c1-8-4-10(30-18(23)24)7-26-15(8)16(29)27-9-2-3-13(20)11(5-9)12-6-14(12)31-19(25)28-17(21)22/h2-5,7,12,14,17-18H,6H2,1H3,(H2,25,28)(H,27,29)/t12-,14-/m1/s1. The maximum Gasteiger partial charge on any atom is 0.387 e. The summed E-state index contributed by atoms with van der Waals surface area (Å²) in [6.45, 7) is -4.43. The fraction of sp³-hybridized carbons (Fsp3) is 0.316. The van der Waals surface area contributed by atoms with Crippen LogP contribution in [0.25, 0.3) is 0 Å². The van der Waals surface area contributed by atoms with Crippen molar-refractivity contribution in [1.29, 1.82) is 0 Å². The number of nitrogens with two attached hydrogens (primary N) is 1. The number of anilines is 1. The lowest BCUT2D eigenvalue weighted by atomic mass is 10.1. The number of aryl methyl sites for hydroxylation is 1. The molecule has 1 aliphatic carbocycles. The van der Waals surface area contributed by atoms with Gasteiger partial charge in [-0.3, -0.25) is 4.79 Å². The number of hydrogen-bond donors (Lipinski definition) is 2. The number of aliphatic imine (C=N–C) groups is 1. The molecule has 166 valence electrons. The smallest absolute Gasteiger partial charge is 0.387 e. The molecule has 2 aromatic rings. The van der Waals surface area contributed by atoms with Gasteiger partial charge in [-0.2, -0.15) is 22.6 Å². The summed E-state index contributed by atoms with van der Waals surface area (Å²) >= 11 is 6.22. The Hall–Kier alpha value is -3.08. The summed E-state index contributed by atoms with van der Waals surface area (Å²) in [5.41, 5.74) is 6.72. The van der Waals surface area contributed by atoms with Crippen LogP contribution in [0.5, 0.6) is 5.75 Å². The predicted octanol–water partition coefficient (Wildman–Crippen LogP) is 4.31. The molecule has 1 heterocycles. The molecule has 1 amide bonds. The number of carbonyl (C=O) groups is 1. The van der Waals surface area contributed by atoms with Gasteiger partial charge in [0, 0.05) is 16.6 Å². The Bertz CT molecular complexity index is 1010. The number of alkyl halides is 4. The van der Waals surface area contributed by atoms with Crippen molar-refractivity contribution in [3.05, 3.63) is 52.3 Å². The average molecular weight is 461 g/mol. The Morgan fingerprint density at radius 2 is 2.06 bits per heavy atom. The fourth-order valence-corrected chi connectivity index (χ4v) is 3.22. The largest absolute Gasteiger partial charge is 0.461 e. The summed E-state index contributed by atoms with van der Waals surface area (Å²) in [7, 11) is 0. The lowest BCUT2D eigenvalue weighted by molar-refractivity contribution is -0.0501. The third-order valence-electron chi connectivity index (χ3n) is 4.38. The highest BCUT2D eigenvalue weighted by Crippen LogP contribution is 2.46. The van der Waals surface area contributed by atoms with Crippen LogP contribution in [0.3, 0.4) is 0 Å². The van der Waals surface area contributed by atoms with Crippen molar-refractivity contribution >= 4 is 29.2 Å². The Morgan fingerprint density at radius 3 is 2.71 bits per heavy atom. The minimum Gasteiger partial charge on any atom is -0.461 e. The minimum absolute atomic E-state index is 0.0294. The quantitative estimate of drug-likeness (QED) is 0.278. The molecule has 0 unspecified atom stereocenters. The van der Waals surface area contributed by atoms with E-state index in [2.05, 4.69) is 20.0 Å². The number of ether oxygens (including phenoxy) is 2. The van der Waals surface area contributed by atoms with Crippen molar-refractivity contribution in [3.63, 3.8) is 0 Å². The van der Waals surface area contributed by atoms with Crippen LogP contribution in [-0.4, -0.2) is 36.2 Å². The second-order valence-electron chi connectivity index (χ2n) is 6.65. The summed E-state index contributed by atoms with van der Waals surface area (Å²) in [5, 5.41) is 3.06. The van der Waals surface area contributed by atoms with Crippen LogP contribution in [0.4, 0.5) is 23.2 Å². The number of benzene rings is 1. The van der Waals surface area contributed by atoms with Crippen LogP contribution in [0.2, 0.25) is 5.02 Å². The molecule has 0 bridgehead atoms. The van der Waals surface area contributed by atoms with Crippen LogP contribution in [0, 0.1) is 6.92 Å². The molecular formula is C19H17ClF4N4O3. The molecular weight excluding hydrogens is 444 g/mol. The number of hydrogen-bond acceptors (Lipinski definition) is 5. The summed E-state index contributed by atoms with van der Waals surface area (Å²) in [4.78, 5) is 19.2. The number of carbonyl (C=O) groups excluding carboxylic acids is 1. The molecule has 0 spiro atoms. The second kappa shape index (κ2) is 9.38. The Kier molecular flexibility index (Phi) is 6.84. The molecule has 0 saturated heterocycles. The normalized spacial score (nSPS) is 18.3. The van der Waals surface area contributed by atoms with Gasteiger partial charge in [-0.15, -0.1) is 0 Å². The van der Waals surface area contributed by atoms with Crippen molar-refractivity contribution in [2.45, 2.75) is 38.5 Å². The average Bonchev–Trinajstić information content (AvgIpc) is 3.40. The van der Waals surface area contributed by atoms with E-state index in [1.54, 1.807) is 18.2 Å². The highest BCUT2D eigenvalue weighted by molar-refractivity contribution is 6.31. The molecule has 0 radical (unpaired) electrons. The maximum absolute atomic E-state index is 12.5. The van der Waals surface area contributed by atoms with Gasteiger partial charge in [-0.1, -0.05) is 11.6 Å². The van der Waals surface area contributed by atoms with E-state index in [4.69, 9.17) is 22.1 Å². The van der Waals surface area contributed by atoms with Crippen LogP contribution >= 0.6 is 11.6 Å². The molecule has 1 saturated carbocycles. The Morgan fingerprint density at radius 1 is 1.32 bits per heavy atom. The molecule has 7 nitrogen and oxygen atoms in total. The highest BCUT2D eigenvalue weighted by Gasteiger charge is 2.42.